The number of piperazine rings is 1. The second-order valence-electron chi connectivity index (χ2n) is 7.29. The first-order valence-electron chi connectivity index (χ1n) is 9.76. The Morgan fingerprint density at radius 1 is 1.07 bits per heavy atom. The van der Waals surface area contributed by atoms with Crippen LogP contribution in [-0.2, 0) is 11.3 Å². The minimum absolute atomic E-state index is 0.0116. The molecule has 0 atom stereocenters. The number of ether oxygens (including phenoxy) is 1. The number of nitrogens with zero attached hydrogens (tertiary/aromatic N) is 3. The number of fused-ring (bicyclic) bond motifs is 1. The molecule has 1 aliphatic heterocycles. The van der Waals surface area contributed by atoms with Gasteiger partial charge in [0.25, 0.3) is 11.5 Å². The van der Waals surface area contributed by atoms with Gasteiger partial charge in [0, 0.05) is 26.2 Å². The van der Waals surface area contributed by atoms with Crippen molar-refractivity contribution in [2.75, 3.05) is 32.8 Å². The van der Waals surface area contributed by atoms with E-state index < -0.39 is 0 Å². The molecule has 0 aliphatic carbocycles. The second kappa shape index (κ2) is 8.45. The zero-order chi connectivity index (χ0) is 20.2. The van der Waals surface area contributed by atoms with Crippen molar-refractivity contribution in [2.24, 2.45) is 0 Å². The Hall–Kier alpha value is -3.19. The molecular formula is C22H24N4O3. The van der Waals surface area contributed by atoms with Gasteiger partial charge in [0.1, 0.15) is 11.6 Å². The van der Waals surface area contributed by atoms with Crippen molar-refractivity contribution in [1.29, 1.82) is 0 Å². The van der Waals surface area contributed by atoms with Gasteiger partial charge in [0.05, 0.1) is 17.4 Å². The van der Waals surface area contributed by atoms with Crippen LogP contribution in [0, 0.1) is 6.92 Å². The van der Waals surface area contributed by atoms with Crippen molar-refractivity contribution in [3.05, 3.63) is 70.3 Å². The van der Waals surface area contributed by atoms with E-state index in [1.807, 2.05) is 54.3 Å². The van der Waals surface area contributed by atoms with Crippen LogP contribution < -0.4 is 10.3 Å². The number of H-pyrrole nitrogens is 1. The number of aromatic nitrogens is 2. The first kappa shape index (κ1) is 19.1. The van der Waals surface area contributed by atoms with Gasteiger partial charge in [-0.3, -0.25) is 14.5 Å². The molecule has 29 heavy (non-hydrogen) atoms. The van der Waals surface area contributed by atoms with Crippen molar-refractivity contribution < 1.29 is 9.53 Å². The predicted molar refractivity (Wildman–Crippen MR) is 111 cm³/mol. The molecule has 7 nitrogen and oxygen atoms in total. The Bertz CT molecular complexity index is 1050. The van der Waals surface area contributed by atoms with Gasteiger partial charge in [0.15, 0.2) is 6.61 Å². The van der Waals surface area contributed by atoms with E-state index in [0.29, 0.717) is 42.1 Å². The zero-order valence-electron chi connectivity index (χ0n) is 16.4. The number of amides is 1. The number of hydrogen-bond acceptors (Lipinski definition) is 5. The third-order valence-electron chi connectivity index (χ3n) is 5.14. The maximum absolute atomic E-state index is 12.4. The second-order valence-corrected chi connectivity index (χ2v) is 7.29. The Labute approximate surface area is 168 Å². The van der Waals surface area contributed by atoms with Crippen LogP contribution in [0.2, 0.25) is 0 Å². The first-order chi connectivity index (χ1) is 14.1. The summed E-state index contributed by atoms with van der Waals surface area (Å²) in [6.45, 7) is 5.34. The highest BCUT2D eigenvalue weighted by Gasteiger charge is 2.22. The van der Waals surface area contributed by atoms with E-state index in [4.69, 9.17) is 4.74 Å². The molecule has 150 valence electrons. The predicted octanol–water partition coefficient (Wildman–Crippen LogP) is 1.95. The molecule has 3 aromatic rings. The zero-order valence-corrected chi connectivity index (χ0v) is 16.4. The maximum atomic E-state index is 12.4. The van der Waals surface area contributed by atoms with Crippen LogP contribution in [0.25, 0.3) is 10.9 Å². The summed E-state index contributed by atoms with van der Waals surface area (Å²) in [5.74, 6) is 1.34. The van der Waals surface area contributed by atoms with Crippen LogP contribution in [0.5, 0.6) is 5.75 Å². The van der Waals surface area contributed by atoms with Crippen LogP contribution >= 0.6 is 0 Å². The average molecular weight is 392 g/mol. The van der Waals surface area contributed by atoms with E-state index in [-0.39, 0.29) is 18.1 Å². The number of hydrogen-bond donors (Lipinski definition) is 1. The molecule has 4 rings (SSSR count). The summed E-state index contributed by atoms with van der Waals surface area (Å²) in [5.41, 5.74) is 1.74. The van der Waals surface area contributed by atoms with Crippen LogP contribution in [0.15, 0.2) is 53.3 Å². The van der Waals surface area contributed by atoms with Crippen LogP contribution in [0.1, 0.15) is 11.4 Å². The van der Waals surface area contributed by atoms with Crippen molar-refractivity contribution in [3.63, 3.8) is 0 Å². The summed E-state index contributed by atoms with van der Waals surface area (Å²) in [6, 6.07) is 15.0. The first-order valence-corrected chi connectivity index (χ1v) is 9.76. The molecule has 0 radical (unpaired) electrons. The van der Waals surface area contributed by atoms with Gasteiger partial charge in [-0.2, -0.15) is 0 Å². The minimum Gasteiger partial charge on any atom is -0.484 e. The largest absolute Gasteiger partial charge is 0.484 e. The van der Waals surface area contributed by atoms with Gasteiger partial charge >= 0.3 is 0 Å². The molecule has 1 aliphatic rings. The molecule has 0 bridgehead atoms. The average Bonchev–Trinajstić information content (AvgIpc) is 2.74. The van der Waals surface area contributed by atoms with E-state index in [1.165, 1.54) is 0 Å². The molecule has 1 aromatic heterocycles. The Morgan fingerprint density at radius 2 is 1.79 bits per heavy atom. The number of aromatic amines is 1. The molecule has 2 heterocycles. The Kier molecular flexibility index (Phi) is 5.57. The van der Waals surface area contributed by atoms with Crippen molar-refractivity contribution in [3.8, 4) is 5.75 Å². The van der Waals surface area contributed by atoms with E-state index in [1.54, 1.807) is 6.07 Å². The lowest BCUT2D eigenvalue weighted by Crippen LogP contribution is -2.49. The van der Waals surface area contributed by atoms with E-state index in [0.717, 1.165) is 18.7 Å². The third kappa shape index (κ3) is 4.63. The topological polar surface area (TPSA) is 78.5 Å². The summed E-state index contributed by atoms with van der Waals surface area (Å²) in [6.07, 6.45) is 0. The highest BCUT2D eigenvalue weighted by Crippen LogP contribution is 2.12. The lowest BCUT2D eigenvalue weighted by molar-refractivity contribution is -0.135. The molecule has 1 fully saturated rings. The summed E-state index contributed by atoms with van der Waals surface area (Å²) in [5, 5.41) is 0.597. The molecule has 1 N–H and O–H groups in total. The molecule has 7 heteroatoms. The summed E-state index contributed by atoms with van der Waals surface area (Å²) < 4.78 is 5.60. The number of carbonyl (C=O) groups is 1. The monoisotopic (exact) mass is 392 g/mol. The van der Waals surface area contributed by atoms with Crippen LogP contribution in [-0.4, -0.2) is 58.5 Å². The number of rotatable bonds is 5. The summed E-state index contributed by atoms with van der Waals surface area (Å²) in [4.78, 5) is 36.1. The number of nitrogens with one attached hydrogen (secondary N) is 1. The minimum atomic E-state index is -0.118. The van der Waals surface area contributed by atoms with Crippen LogP contribution in [0.3, 0.4) is 0 Å². The van der Waals surface area contributed by atoms with Gasteiger partial charge < -0.3 is 14.6 Å². The maximum Gasteiger partial charge on any atom is 0.260 e. The molecule has 2 aromatic carbocycles. The fourth-order valence-electron chi connectivity index (χ4n) is 3.45. The molecule has 0 unspecified atom stereocenters. The van der Waals surface area contributed by atoms with Crippen molar-refractivity contribution >= 4 is 16.8 Å². The fourth-order valence-corrected chi connectivity index (χ4v) is 3.45. The number of para-hydroxylation sites is 1. The molecule has 1 amide bonds. The Morgan fingerprint density at radius 3 is 2.55 bits per heavy atom. The summed E-state index contributed by atoms with van der Waals surface area (Å²) in [7, 11) is 0. The van der Waals surface area contributed by atoms with Crippen molar-refractivity contribution in [1.82, 2.24) is 19.8 Å². The number of carbonyl (C=O) groups excluding carboxylic acids is 1. The standard InChI is InChI=1S/C22H24N4O3/c1-16-6-8-17(9-7-16)29-15-21(27)26-12-10-25(11-13-26)14-20-23-19-5-3-2-4-18(19)22(28)24-20/h2-9H,10-15H2,1H3,(H,23,24,28). The van der Waals surface area contributed by atoms with E-state index in [9.17, 15) is 9.59 Å². The number of aryl methyl sites for hydroxylation is 1. The van der Waals surface area contributed by atoms with Gasteiger partial charge in [-0.05, 0) is 31.2 Å². The van der Waals surface area contributed by atoms with E-state index >= 15 is 0 Å². The summed E-state index contributed by atoms with van der Waals surface area (Å²) >= 11 is 0. The van der Waals surface area contributed by atoms with Gasteiger partial charge in [-0.1, -0.05) is 29.8 Å². The smallest absolute Gasteiger partial charge is 0.260 e. The van der Waals surface area contributed by atoms with E-state index in [2.05, 4.69) is 14.9 Å². The number of benzene rings is 2. The fraction of sp³-hybridized carbons (Fsp3) is 0.318. The van der Waals surface area contributed by atoms with Gasteiger partial charge in [0.2, 0.25) is 0 Å². The lowest BCUT2D eigenvalue weighted by atomic mass is 10.2. The normalized spacial score (nSPS) is 14.9. The van der Waals surface area contributed by atoms with Crippen molar-refractivity contribution in [2.45, 2.75) is 13.5 Å². The molecule has 0 spiro atoms. The molecule has 1 saturated heterocycles. The lowest BCUT2D eigenvalue weighted by Gasteiger charge is -2.34. The van der Waals surface area contributed by atoms with Crippen LogP contribution in [0.4, 0.5) is 0 Å². The molecular weight excluding hydrogens is 368 g/mol. The van der Waals surface area contributed by atoms with Gasteiger partial charge in [-0.25, -0.2) is 4.98 Å². The van der Waals surface area contributed by atoms with Gasteiger partial charge in [-0.15, -0.1) is 0 Å². The highest BCUT2D eigenvalue weighted by atomic mass is 16.5. The third-order valence-corrected chi connectivity index (χ3v) is 5.14. The molecule has 0 saturated carbocycles. The SMILES string of the molecule is Cc1ccc(OCC(=O)N2CCN(Cc3nc4ccccc4c(=O)[nH]3)CC2)cc1. The quantitative estimate of drug-likeness (QED) is 0.718. The highest BCUT2D eigenvalue weighted by molar-refractivity contribution is 5.78. The Balaban J connectivity index is 1.29.